The third kappa shape index (κ3) is 2.64. The molecule has 2 rings (SSSR count). The maximum absolute atomic E-state index is 13.0. The van der Waals surface area contributed by atoms with Gasteiger partial charge in [0.25, 0.3) is 0 Å². The summed E-state index contributed by atoms with van der Waals surface area (Å²) < 4.78 is 13.0. The first-order chi connectivity index (χ1) is 8.70. The van der Waals surface area contributed by atoms with Gasteiger partial charge in [0.15, 0.2) is 0 Å². The largest absolute Gasteiger partial charge is 0.369 e. The lowest BCUT2D eigenvalue weighted by Crippen LogP contribution is -2.17. The number of nitriles is 1. The van der Waals surface area contributed by atoms with Gasteiger partial charge in [-0.05, 0) is 35.9 Å². The van der Waals surface area contributed by atoms with Crippen LogP contribution >= 0.6 is 0 Å². The van der Waals surface area contributed by atoms with E-state index in [4.69, 9.17) is 5.26 Å². The number of rotatable bonds is 3. The summed E-state index contributed by atoms with van der Waals surface area (Å²) in [7, 11) is 1.87. The minimum atomic E-state index is -0.396. The Morgan fingerprint density at radius 3 is 2.67 bits per heavy atom. The average Bonchev–Trinajstić information content (AvgIpc) is 2.39. The summed E-state index contributed by atoms with van der Waals surface area (Å²) in [5, 5.41) is 9.00. The summed E-state index contributed by atoms with van der Waals surface area (Å²) in [6.07, 6.45) is 3.44. The van der Waals surface area contributed by atoms with E-state index in [1.54, 1.807) is 18.5 Å². The highest BCUT2D eigenvalue weighted by Crippen LogP contribution is 2.21. The summed E-state index contributed by atoms with van der Waals surface area (Å²) in [6, 6.07) is 10.1. The lowest BCUT2D eigenvalue weighted by atomic mass is 10.1. The molecule has 3 nitrogen and oxygen atoms in total. The van der Waals surface area contributed by atoms with Crippen LogP contribution in [0, 0.1) is 17.1 Å². The van der Waals surface area contributed by atoms with Crippen molar-refractivity contribution in [1.29, 1.82) is 5.26 Å². The van der Waals surface area contributed by atoms with Gasteiger partial charge in [0, 0.05) is 26.0 Å². The number of hydrogen-bond donors (Lipinski definition) is 0. The van der Waals surface area contributed by atoms with Crippen LogP contribution in [0.15, 0.2) is 42.7 Å². The molecule has 1 aromatic heterocycles. The van der Waals surface area contributed by atoms with E-state index < -0.39 is 5.82 Å². The van der Waals surface area contributed by atoms with Gasteiger partial charge in [-0.3, -0.25) is 4.98 Å². The van der Waals surface area contributed by atoms with Crippen molar-refractivity contribution < 1.29 is 4.39 Å². The Kier molecular flexibility index (Phi) is 3.54. The van der Waals surface area contributed by atoms with Crippen molar-refractivity contribution in [3.05, 3.63) is 59.7 Å². The van der Waals surface area contributed by atoms with Crippen molar-refractivity contribution in [1.82, 2.24) is 4.98 Å². The number of benzene rings is 1. The molecule has 0 atom stereocenters. The van der Waals surface area contributed by atoms with Gasteiger partial charge in [-0.15, -0.1) is 0 Å². The zero-order valence-corrected chi connectivity index (χ0v) is 9.97. The molecule has 0 saturated heterocycles. The number of hydrogen-bond acceptors (Lipinski definition) is 3. The summed E-state index contributed by atoms with van der Waals surface area (Å²) in [5.74, 6) is -0.396. The minimum Gasteiger partial charge on any atom is -0.369 e. The van der Waals surface area contributed by atoms with Crippen molar-refractivity contribution in [2.75, 3.05) is 11.9 Å². The predicted octanol–water partition coefficient (Wildman–Crippen LogP) is 2.73. The van der Waals surface area contributed by atoms with Crippen LogP contribution in [0.2, 0.25) is 0 Å². The highest BCUT2D eigenvalue weighted by Gasteiger charge is 2.08. The lowest BCUT2D eigenvalue weighted by molar-refractivity contribution is 0.627. The van der Waals surface area contributed by atoms with Crippen molar-refractivity contribution in [3.8, 4) is 6.07 Å². The molecule has 0 aliphatic rings. The van der Waals surface area contributed by atoms with Crippen LogP contribution in [0.25, 0.3) is 0 Å². The van der Waals surface area contributed by atoms with Gasteiger partial charge < -0.3 is 4.90 Å². The molecule has 0 spiro atoms. The molecule has 18 heavy (non-hydrogen) atoms. The Morgan fingerprint density at radius 1 is 1.28 bits per heavy atom. The van der Waals surface area contributed by atoms with Crippen molar-refractivity contribution in [2.24, 2.45) is 0 Å². The molecule has 0 bridgehead atoms. The zero-order valence-electron chi connectivity index (χ0n) is 9.97. The molecule has 0 radical (unpaired) electrons. The van der Waals surface area contributed by atoms with Crippen LogP contribution in [0.3, 0.4) is 0 Å². The monoisotopic (exact) mass is 241 g/mol. The predicted molar refractivity (Wildman–Crippen MR) is 67.5 cm³/mol. The zero-order chi connectivity index (χ0) is 13.0. The minimum absolute atomic E-state index is 0.339. The number of anilines is 1. The fourth-order valence-electron chi connectivity index (χ4n) is 1.78. The quantitative estimate of drug-likeness (QED) is 0.829. The summed E-state index contributed by atoms with van der Waals surface area (Å²) in [6.45, 7) is 0.642. The highest BCUT2D eigenvalue weighted by molar-refractivity contribution is 5.59. The van der Waals surface area contributed by atoms with Crippen molar-refractivity contribution in [3.63, 3.8) is 0 Å². The van der Waals surface area contributed by atoms with Gasteiger partial charge in [0.2, 0.25) is 0 Å². The molecule has 4 heteroatoms. The second-order valence-electron chi connectivity index (χ2n) is 3.98. The Bertz CT molecular complexity index is 575. The first-order valence-electron chi connectivity index (χ1n) is 5.50. The van der Waals surface area contributed by atoms with Crippen LogP contribution in [-0.2, 0) is 6.54 Å². The fourth-order valence-corrected chi connectivity index (χ4v) is 1.78. The molecule has 2 aromatic rings. The summed E-state index contributed by atoms with van der Waals surface area (Å²) in [5.41, 5.74) is 2.14. The first kappa shape index (κ1) is 12.1. The molecule has 1 aromatic carbocycles. The lowest BCUT2D eigenvalue weighted by Gasteiger charge is -2.20. The molecule has 1 heterocycles. The molecule has 0 N–H and O–H groups in total. The van der Waals surface area contributed by atoms with Gasteiger partial charge in [-0.25, -0.2) is 4.39 Å². The Balaban J connectivity index is 2.24. The topological polar surface area (TPSA) is 39.9 Å². The maximum atomic E-state index is 13.0. The van der Waals surface area contributed by atoms with Gasteiger partial charge >= 0.3 is 0 Å². The smallest absolute Gasteiger partial charge is 0.124 e. The molecular weight excluding hydrogens is 229 g/mol. The molecule has 0 amide bonds. The van der Waals surface area contributed by atoms with E-state index in [0.717, 1.165) is 11.3 Å². The van der Waals surface area contributed by atoms with Gasteiger partial charge in [0.05, 0.1) is 11.3 Å². The summed E-state index contributed by atoms with van der Waals surface area (Å²) >= 11 is 0. The molecule has 0 unspecified atom stereocenters. The van der Waals surface area contributed by atoms with E-state index >= 15 is 0 Å². The third-order valence-electron chi connectivity index (χ3n) is 2.66. The van der Waals surface area contributed by atoms with Gasteiger partial charge in [-0.1, -0.05) is 0 Å². The summed E-state index contributed by atoms with van der Waals surface area (Å²) in [4.78, 5) is 5.86. The number of nitrogens with zero attached hydrogens (tertiary/aromatic N) is 3. The van der Waals surface area contributed by atoms with Crippen LogP contribution in [-0.4, -0.2) is 12.0 Å². The SMILES string of the molecule is CN(Cc1ccncc1)c1ccc(F)cc1C#N. The highest BCUT2D eigenvalue weighted by atomic mass is 19.1. The average molecular weight is 241 g/mol. The maximum Gasteiger partial charge on any atom is 0.124 e. The van der Waals surface area contributed by atoms with Crippen LogP contribution in [0.1, 0.15) is 11.1 Å². The Morgan fingerprint density at radius 2 is 2.00 bits per heavy atom. The van der Waals surface area contributed by atoms with Crippen molar-refractivity contribution >= 4 is 5.69 Å². The molecule has 0 aliphatic heterocycles. The molecule has 90 valence electrons. The van der Waals surface area contributed by atoms with E-state index in [1.165, 1.54) is 12.1 Å². The number of halogens is 1. The fraction of sp³-hybridized carbons (Fsp3) is 0.143. The van der Waals surface area contributed by atoms with E-state index in [1.807, 2.05) is 30.1 Å². The Hall–Kier alpha value is -2.41. The first-order valence-corrected chi connectivity index (χ1v) is 5.50. The van der Waals surface area contributed by atoms with E-state index in [-0.39, 0.29) is 0 Å². The molecule has 0 fully saturated rings. The number of pyridine rings is 1. The van der Waals surface area contributed by atoms with Gasteiger partial charge in [0.1, 0.15) is 11.9 Å². The van der Waals surface area contributed by atoms with E-state index in [2.05, 4.69) is 4.98 Å². The van der Waals surface area contributed by atoms with E-state index in [0.29, 0.717) is 12.1 Å². The van der Waals surface area contributed by atoms with Crippen LogP contribution in [0.4, 0.5) is 10.1 Å². The van der Waals surface area contributed by atoms with E-state index in [9.17, 15) is 4.39 Å². The van der Waals surface area contributed by atoms with Crippen LogP contribution in [0.5, 0.6) is 0 Å². The molecule has 0 aliphatic carbocycles. The number of aromatic nitrogens is 1. The van der Waals surface area contributed by atoms with Gasteiger partial charge in [-0.2, -0.15) is 5.26 Å². The third-order valence-corrected chi connectivity index (χ3v) is 2.66. The second kappa shape index (κ2) is 5.28. The standard InChI is InChI=1S/C14H12FN3/c1-18(10-11-4-6-17-7-5-11)14-3-2-13(15)8-12(14)9-16/h2-8H,10H2,1H3. The molecule has 0 saturated carbocycles. The van der Waals surface area contributed by atoms with Crippen LogP contribution < -0.4 is 4.90 Å². The molecular formula is C14H12FN3. The van der Waals surface area contributed by atoms with Crippen molar-refractivity contribution in [2.45, 2.75) is 6.54 Å². The second-order valence-corrected chi connectivity index (χ2v) is 3.98. The Labute approximate surface area is 105 Å². The normalized spacial score (nSPS) is 9.83.